The van der Waals surface area contributed by atoms with E-state index in [0.717, 1.165) is 12.8 Å². The van der Waals surface area contributed by atoms with Crippen molar-refractivity contribution >= 4 is 5.78 Å². The first-order valence-corrected chi connectivity index (χ1v) is 4.44. The molecule has 70 valence electrons. The summed E-state index contributed by atoms with van der Waals surface area (Å²) in [5.41, 5.74) is 1.20. The fourth-order valence-electron chi connectivity index (χ4n) is 1.20. The van der Waals surface area contributed by atoms with Crippen LogP contribution in [0.25, 0.3) is 0 Å². The van der Waals surface area contributed by atoms with Crippen LogP contribution in [-0.4, -0.2) is 12.5 Å². The second-order valence-electron chi connectivity index (χ2n) is 3.01. The molecular weight excluding hydrogens is 167 g/mol. The standard InChI is InChI=1S/C11H13FO/c12-9-11(13)8-4-7-10-5-2-1-3-6-10/h1-3,5-6H,4,7-9H2. The van der Waals surface area contributed by atoms with E-state index in [-0.39, 0.29) is 5.78 Å². The van der Waals surface area contributed by atoms with Gasteiger partial charge in [0.15, 0.2) is 5.78 Å². The highest BCUT2D eigenvalue weighted by molar-refractivity contribution is 5.79. The van der Waals surface area contributed by atoms with E-state index in [1.165, 1.54) is 5.56 Å². The summed E-state index contributed by atoms with van der Waals surface area (Å²) in [6, 6.07) is 9.91. The summed E-state index contributed by atoms with van der Waals surface area (Å²) in [5.74, 6) is -0.295. The van der Waals surface area contributed by atoms with Crippen molar-refractivity contribution in [2.75, 3.05) is 6.67 Å². The third-order valence-corrected chi connectivity index (χ3v) is 1.91. The molecule has 0 aliphatic carbocycles. The molecule has 0 spiro atoms. The Morgan fingerprint density at radius 1 is 1.23 bits per heavy atom. The minimum Gasteiger partial charge on any atom is -0.297 e. The van der Waals surface area contributed by atoms with Crippen molar-refractivity contribution in [1.82, 2.24) is 0 Å². The number of Topliss-reactive ketones (excluding diaryl/α,β-unsaturated/α-hetero) is 1. The molecule has 0 saturated heterocycles. The van der Waals surface area contributed by atoms with Crippen LogP contribution in [0.3, 0.4) is 0 Å². The molecule has 0 bridgehead atoms. The summed E-state index contributed by atoms with van der Waals surface area (Å²) >= 11 is 0. The van der Waals surface area contributed by atoms with E-state index in [4.69, 9.17) is 0 Å². The van der Waals surface area contributed by atoms with Gasteiger partial charge in [0.25, 0.3) is 0 Å². The Morgan fingerprint density at radius 2 is 1.92 bits per heavy atom. The number of aryl methyl sites for hydroxylation is 1. The third-order valence-electron chi connectivity index (χ3n) is 1.91. The molecule has 1 aromatic carbocycles. The van der Waals surface area contributed by atoms with Gasteiger partial charge in [-0.05, 0) is 18.4 Å². The lowest BCUT2D eigenvalue weighted by Gasteiger charge is -1.98. The van der Waals surface area contributed by atoms with Crippen molar-refractivity contribution < 1.29 is 9.18 Å². The molecule has 0 aromatic heterocycles. The maximum atomic E-state index is 11.8. The van der Waals surface area contributed by atoms with Crippen LogP contribution < -0.4 is 0 Å². The van der Waals surface area contributed by atoms with Gasteiger partial charge in [-0.1, -0.05) is 30.3 Å². The maximum absolute atomic E-state index is 11.8. The molecule has 1 aromatic rings. The molecule has 13 heavy (non-hydrogen) atoms. The van der Waals surface area contributed by atoms with Gasteiger partial charge in [-0.3, -0.25) is 4.79 Å². The summed E-state index contributed by atoms with van der Waals surface area (Å²) in [5, 5.41) is 0. The zero-order valence-corrected chi connectivity index (χ0v) is 7.50. The Kier molecular flexibility index (Phi) is 4.16. The van der Waals surface area contributed by atoms with Gasteiger partial charge in [0, 0.05) is 6.42 Å². The van der Waals surface area contributed by atoms with Crippen LogP contribution in [-0.2, 0) is 11.2 Å². The van der Waals surface area contributed by atoms with E-state index in [0.29, 0.717) is 6.42 Å². The molecule has 0 atom stereocenters. The molecule has 0 aliphatic rings. The fourth-order valence-corrected chi connectivity index (χ4v) is 1.20. The highest BCUT2D eigenvalue weighted by atomic mass is 19.1. The lowest BCUT2D eigenvalue weighted by molar-refractivity contribution is -0.119. The summed E-state index contributed by atoms with van der Waals surface area (Å²) < 4.78 is 11.8. The topological polar surface area (TPSA) is 17.1 Å². The molecule has 0 radical (unpaired) electrons. The number of carbonyl (C=O) groups is 1. The fraction of sp³-hybridized carbons (Fsp3) is 0.364. The van der Waals surface area contributed by atoms with Gasteiger partial charge in [-0.25, -0.2) is 4.39 Å². The normalized spacial score (nSPS) is 9.92. The maximum Gasteiger partial charge on any atom is 0.163 e. The molecule has 0 saturated carbocycles. The minimum absolute atomic E-state index is 0.295. The van der Waals surface area contributed by atoms with E-state index < -0.39 is 6.67 Å². The first kappa shape index (κ1) is 9.90. The minimum atomic E-state index is -0.825. The van der Waals surface area contributed by atoms with Gasteiger partial charge in [0.1, 0.15) is 6.67 Å². The largest absolute Gasteiger partial charge is 0.297 e. The second-order valence-corrected chi connectivity index (χ2v) is 3.01. The Balaban J connectivity index is 2.24. The van der Waals surface area contributed by atoms with Gasteiger partial charge in [-0.2, -0.15) is 0 Å². The number of benzene rings is 1. The molecule has 0 amide bonds. The first-order chi connectivity index (χ1) is 6.33. The predicted molar refractivity (Wildman–Crippen MR) is 50.4 cm³/mol. The molecule has 1 rings (SSSR count). The summed E-state index contributed by atoms with van der Waals surface area (Å²) in [6.45, 7) is -0.825. The smallest absolute Gasteiger partial charge is 0.163 e. The SMILES string of the molecule is O=C(CF)CCCc1ccccc1. The molecular formula is C11H13FO. The van der Waals surface area contributed by atoms with Crippen LogP contribution in [0.1, 0.15) is 18.4 Å². The molecule has 0 unspecified atom stereocenters. The quantitative estimate of drug-likeness (QED) is 0.680. The number of halogens is 1. The number of alkyl halides is 1. The molecule has 0 aliphatic heterocycles. The van der Waals surface area contributed by atoms with E-state index in [9.17, 15) is 9.18 Å². The van der Waals surface area contributed by atoms with Crippen molar-refractivity contribution in [3.05, 3.63) is 35.9 Å². The molecule has 1 nitrogen and oxygen atoms in total. The van der Waals surface area contributed by atoms with E-state index in [1.807, 2.05) is 30.3 Å². The van der Waals surface area contributed by atoms with Gasteiger partial charge in [0.2, 0.25) is 0 Å². The monoisotopic (exact) mass is 180 g/mol. The van der Waals surface area contributed by atoms with Crippen molar-refractivity contribution in [2.24, 2.45) is 0 Å². The molecule has 0 N–H and O–H groups in total. The Bertz CT molecular complexity index is 256. The average Bonchev–Trinajstić information content (AvgIpc) is 2.19. The van der Waals surface area contributed by atoms with Crippen LogP contribution in [0.4, 0.5) is 4.39 Å². The highest BCUT2D eigenvalue weighted by Gasteiger charge is 1.99. The summed E-state index contributed by atoms with van der Waals surface area (Å²) in [4.78, 5) is 10.6. The Morgan fingerprint density at radius 3 is 2.54 bits per heavy atom. The Hall–Kier alpha value is -1.18. The van der Waals surface area contributed by atoms with Crippen LogP contribution in [0.15, 0.2) is 30.3 Å². The zero-order chi connectivity index (χ0) is 9.52. The van der Waals surface area contributed by atoms with Crippen LogP contribution in [0.2, 0.25) is 0 Å². The van der Waals surface area contributed by atoms with Crippen LogP contribution in [0, 0.1) is 0 Å². The average molecular weight is 180 g/mol. The first-order valence-electron chi connectivity index (χ1n) is 4.44. The molecule has 0 heterocycles. The second kappa shape index (κ2) is 5.46. The van der Waals surface area contributed by atoms with E-state index >= 15 is 0 Å². The zero-order valence-electron chi connectivity index (χ0n) is 7.50. The Labute approximate surface area is 77.6 Å². The molecule has 2 heteroatoms. The van der Waals surface area contributed by atoms with Gasteiger partial charge < -0.3 is 0 Å². The number of hydrogen-bond donors (Lipinski definition) is 0. The van der Waals surface area contributed by atoms with Crippen molar-refractivity contribution in [1.29, 1.82) is 0 Å². The third kappa shape index (κ3) is 3.83. The van der Waals surface area contributed by atoms with E-state index in [2.05, 4.69) is 0 Å². The van der Waals surface area contributed by atoms with Crippen molar-refractivity contribution in [3.8, 4) is 0 Å². The number of hydrogen-bond acceptors (Lipinski definition) is 1. The number of ketones is 1. The van der Waals surface area contributed by atoms with Crippen molar-refractivity contribution in [3.63, 3.8) is 0 Å². The predicted octanol–water partition coefficient (Wildman–Crippen LogP) is 2.55. The number of rotatable bonds is 5. The lowest BCUT2D eigenvalue weighted by atomic mass is 10.1. The van der Waals surface area contributed by atoms with Crippen LogP contribution in [0.5, 0.6) is 0 Å². The van der Waals surface area contributed by atoms with Gasteiger partial charge in [-0.15, -0.1) is 0 Å². The summed E-state index contributed by atoms with van der Waals surface area (Å²) in [7, 11) is 0. The van der Waals surface area contributed by atoms with Crippen molar-refractivity contribution in [2.45, 2.75) is 19.3 Å². The van der Waals surface area contributed by atoms with Gasteiger partial charge >= 0.3 is 0 Å². The van der Waals surface area contributed by atoms with Crippen LogP contribution >= 0.6 is 0 Å². The van der Waals surface area contributed by atoms with E-state index in [1.54, 1.807) is 0 Å². The number of carbonyl (C=O) groups excluding carboxylic acids is 1. The van der Waals surface area contributed by atoms with Gasteiger partial charge in [0.05, 0.1) is 0 Å². The highest BCUT2D eigenvalue weighted by Crippen LogP contribution is 2.04. The lowest BCUT2D eigenvalue weighted by Crippen LogP contribution is -2.00. The summed E-state index contributed by atoms with van der Waals surface area (Å²) in [6.07, 6.45) is 1.95. The molecule has 0 fully saturated rings.